The van der Waals surface area contributed by atoms with Gasteiger partial charge in [-0.1, -0.05) is 20.8 Å². The molecule has 10 nitrogen and oxygen atoms in total. The van der Waals surface area contributed by atoms with Crippen molar-refractivity contribution in [1.29, 1.82) is 0 Å². The summed E-state index contributed by atoms with van der Waals surface area (Å²) in [4.78, 5) is 32.9. The Hall–Kier alpha value is -3.82. The average molecular weight is 456 g/mol. The lowest BCUT2D eigenvalue weighted by Gasteiger charge is -2.30. The van der Waals surface area contributed by atoms with E-state index in [9.17, 15) is 9.59 Å². The highest BCUT2D eigenvalue weighted by atomic mass is 16.5. The van der Waals surface area contributed by atoms with Crippen LogP contribution in [0.4, 0.5) is 28.8 Å². The van der Waals surface area contributed by atoms with Crippen LogP contribution in [0.2, 0.25) is 0 Å². The lowest BCUT2D eigenvalue weighted by Crippen LogP contribution is -2.41. The molecule has 0 spiro atoms. The molecule has 0 saturated carbocycles. The van der Waals surface area contributed by atoms with Gasteiger partial charge in [-0.2, -0.15) is 4.98 Å². The maximum absolute atomic E-state index is 12.2. The maximum atomic E-state index is 12.2. The van der Waals surface area contributed by atoms with Crippen molar-refractivity contribution >= 4 is 28.8 Å². The molecule has 0 aliphatic carbocycles. The molecular formula is C23H29N5O5. The fourth-order valence-electron chi connectivity index (χ4n) is 2.98. The molecule has 0 saturated heterocycles. The predicted octanol–water partition coefficient (Wildman–Crippen LogP) is 3.43. The van der Waals surface area contributed by atoms with E-state index < -0.39 is 10.9 Å². The Balaban J connectivity index is 1.83. The van der Waals surface area contributed by atoms with E-state index in [0.717, 1.165) is 0 Å². The molecule has 0 fully saturated rings. The normalized spacial score (nSPS) is 12.2. The summed E-state index contributed by atoms with van der Waals surface area (Å²) < 4.78 is 16.1. The zero-order valence-corrected chi connectivity index (χ0v) is 19.8. The summed E-state index contributed by atoms with van der Waals surface area (Å²) in [6.07, 6.45) is 1.53. The molecule has 3 rings (SSSR count). The van der Waals surface area contributed by atoms with Crippen molar-refractivity contribution in [2.75, 3.05) is 37.3 Å². The van der Waals surface area contributed by atoms with Crippen LogP contribution >= 0.6 is 0 Å². The molecule has 2 aromatic carbocycles. The number of hydrogen-bond donors (Lipinski definition) is 3. The standard InChI is InChI=1S/C23H29N5O5/c1-12(23(2,3)4)25-17-18(20(30)19(17)29)27-16-8-9-24-22(28-16)26-13-10-14(31-5)21(33-7)15(11-13)32-6/h8-12,25H,1-7H3,(H2,24,26,27,28)/t12-/m1/s1. The van der Waals surface area contributed by atoms with Crippen molar-refractivity contribution in [1.82, 2.24) is 9.97 Å². The van der Waals surface area contributed by atoms with E-state index in [4.69, 9.17) is 14.2 Å². The van der Waals surface area contributed by atoms with Gasteiger partial charge in [0.25, 0.3) is 10.9 Å². The Morgan fingerprint density at radius 3 is 2.06 bits per heavy atom. The smallest absolute Gasteiger partial charge is 0.253 e. The number of ether oxygens (including phenoxy) is 3. The van der Waals surface area contributed by atoms with Crippen molar-refractivity contribution in [3.05, 3.63) is 44.8 Å². The quantitative estimate of drug-likeness (QED) is 0.413. The molecule has 176 valence electrons. The van der Waals surface area contributed by atoms with Crippen molar-refractivity contribution in [2.45, 2.75) is 33.7 Å². The molecule has 1 heterocycles. The van der Waals surface area contributed by atoms with E-state index in [-0.39, 0.29) is 28.8 Å². The first kappa shape index (κ1) is 23.8. The van der Waals surface area contributed by atoms with Crippen LogP contribution in [0.15, 0.2) is 34.0 Å². The zero-order valence-electron chi connectivity index (χ0n) is 19.8. The molecule has 0 bridgehead atoms. The highest BCUT2D eigenvalue weighted by Crippen LogP contribution is 2.40. The highest BCUT2D eigenvalue weighted by molar-refractivity contribution is 5.78. The maximum Gasteiger partial charge on any atom is 0.253 e. The minimum atomic E-state index is -0.587. The van der Waals surface area contributed by atoms with E-state index >= 15 is 0 Å². The largest absolute Gasteiger partial charge is 0.493 e. The van der Waals surface area contributed by atoms with Gasteiger partial charge < -0.3 is 30.2 Å². The number of hydrogen-bond acceptors (Lipinski definition) is 10. The molecule has 0 radical (unpaired) electrons. The molecule has 1 aromatic heterocycles. The Bertz CT molecular complexity index is 1190. The molecule has 0 aliphatic rings. The summed E-state index contributed by atoms with van der Waals surface area (Å²) >= 11 is 0. The number of aromatic nitrogens is 2. The lowest BCUT2D eigenvalue weighted by atomic mass is 9.87. The van der Waals surface area contributed by atoms with Crippen LogP contribution in [0.25, 0.3) is 0 Å². The van der Waals surface area contributed by atoms with Crippen molar-refractivity contribution in [3.8, 4) is 17.2 Å². The van der Waals surface area contributed by atoms with E-state index in [1.54, 1.807) is 18.2 Å². The van der Waals surface area contributed by atoms with Gasteiger partial charge in [-0.15, -0.1) is 0 Å². The highest BCUT2D eigenvalue weighted by Gasteiger charge is 2.27. The monoisotopic (exact) mass is 455 g/mol. The SMILES string of the molecule is COc1cc(Nc2nccc(Nc3c(N[C@H](C)C(C)(C)C)c(=O)c3=O)n2)cc(OC)c1OC. The van der Waals surface area contributed by atoms with Crippen LogP contribution < -0.4 is 41.0 Å². The summed E-state index contributed by atoms with van der Waals surface area (Å²) in [7, 11) is 4.58. The summed E-state index contributed by atoms with van der Waals surface area (Å²) in [5.41, 5.74) is -0.163. The fraction of sp³-hybridized carbons (Fsp3) is 0.391. The summed E-state index contributed by atoms with van der Waals surface area (Å²) in [5, 5.41) is 9.16. The van der Waals surface area contributed by atoms with E-state index in [0.29, 0.717) is 28.8 Å². The Morgan fingerprint density at radius 2 is 1.52 bits per heavy atom. The topological polar surface area (TPSA) is 124 Å². The minimum absolute atomic E-state index is 0.0241. The van der Waals surface area contributed by atoms with Crippen LogP contribution in [0.1, 0.15) is 27.7 Å². The number of nitrogens with one attached hydrogen (secondary N) is 3. The van der Waals surface area contributed by atoms with Gasteiger partial charge in [0.1, 0.15) is 17.2 Å². The number of nitrogens with zero attached hydrogens (tertiary/aromatic N) is 2. The third-order valence-electron chi connectivity index (χ3n) is 5.40. The van der Waals surface area contributed by atoms with E-state index in [1.165, 1.54) is 27.5 Å². The van der Waals surface area contributed by atoms with Gasteiger partial charge in [0, 0.05) is 30.1 Å². The summed E-state index contributed by atoms with van der Waals surface area (Å²) in [5.74, 6) is 2.04. The summed E-state index contributed by atoms with van der Waals surface area (Å²) in [6, 6.07) is 5.02. The Kier molecular flexibility index (Phi) is 6.75. The van der Waals surface area contributed by atoms with E-state index in [1.807, 2.05) is 6.92 Å². The Labute approximate surface area is 192 Å². The second-order valence-electron chi connectivity index (χ2n) is 8.57. The fourth-order valence-corrected chi connectivity index (χ4v) is 2.98. The third kappa shape index (κ3) is 5.00. The van der Waals surface area contributed by atoms with Crippen LogP contribution in [0, 0.1) is 5.41 Å². The number of anilines is 5. The van der Waals surface area contributed by atoms with Crippen LogP contribution in [-0.4, -0.2) is 37.3 Å². The Morgan fingerprint density at radius 1 is 0.909 bits per heavy atom. The molecular weight excluding hydrogens is 426 g/mol. The van der Waals surface area contributed by atoms with Crippen molar-refractivity contribution in [2.24, 2.45) is 5.41 Å². The van der Waals surface area contributed by atoms with Gasteiger partial charge >= 0.3 is 0 Å². The molecule has 10 heteroatoms. The van der Waals surface area contributed by atoms with E-state index in [2.05, 4.69) is 46.7 Å². The lowest BCUT2D eigenvalue weighted by molar-refractivity contribution is 0.324. The minimum Gasteiger partial charge on any atom is -0.493 e. The molecule has 1 atom stereocenters. The van der Waals surface area contributed by atoms with Crippen LogP contribution in [0.3, 0.4) is 0 Å². The molecule has 3 N–H and O–H groups in total. The molecule has 0 amide bonds. The predicted molar refractivity (Wildman–Crippen MR) is 129 cm³/mol. The zero-order chi connectivity index (χ0) is 24.3. The third-order valence-corrected chi connectivity index (χ3v) is 5.40. The van der Waals surface area contributed by atoms with Crippen molar-refractivity contribution in [3.63, 3.8) is 0 Å². The molecule has 3 aromatic rings. The second-order valence-corrected chi connectivity index (χ2v) is 8.57. The number of benzene rings is 1. The van der Waals surface area contributed by atoms with Gasteiger partial charge in [0.15, 0.2) is 11.5 Å². The average Bonchev–Trinajstić information content (AvgIpc) is 2.79. The van der Waals surface area contributed by atoms with Gasteiger partial charge in [0.2, 0.25) is 11.7 Å². The molecule has 0 aliphatic heterocycles. The first-order valence-electron chi connectivity index (χ1n) is 10.4. The van der Waals surface area contributed by atoms with Gasteiger partial charge in [0.05, 0.1) is 21.3 Å². The van der Waals surface area contributed by atoms with Gasteiger partial charge in [-0.3, -0.25) is 9.59 Å². The second kappa shape index (κ2) is 9.35. The first-order chi connectivity index (χ1) is 15.6. The molecule has 0 unspecified atom stereocenters. The van der Waals surface area contributed by atoms with Gasteiger partial charge in [-0.25, -0.2) is 4.98 Å². The number of rotatable bonds is 9. The number of methoxy groups -OCH3 is 3. The molecule has 33 heavy (non-hydrogen) atoms. The van der Waals surface area contributed by atoms with Crippen LogP contribution in [-0.2, 0) is 0 Å². The first-order valence-corrected chi connectivity index (χ1v) is 10.4. The van der Waals surface area contributed by atoms with Crippen LogP contribution in [0.5, 0.6) is 17.2 Å². The van der Waals surface area contributed by atoms with Crippen molar-refractivity contribution < 1.29 is 14.2 Å². The van der Waals surface area contributed by atoms with Gasteiger partial charge in [-0.05, 0) is 18.4 Å². The summed E-state index contributed by atoms with van der Waals surface area (Å²) in [6.45, 7) is 8.11.